The van der Waals surface area contributed by atoms with Gasteiger partial charge in [-0.3, -0.25) is 14.9 Å². The number of ether oxygens (including phenoxy) is 1. The number of carbonyl (C=O) groups is 2. The van der Waals surface area contributed by atoms with E-state index < -0.39 is 11.5 Å². The molecule has 3 rings (SSSR count). The Balaban J connectivity index is 1.37. The van der Waals surface area contributed by atoms with E-state index in [-0.39, 0.29) is 17.8 Å². The van der Waals surface area contributed by atoms with Gasteiger partial charge in [-0.05, 0) is 54.6 Å². The number of hydrogen-bond acceptors (Lipinski definition) is 7. The Morgan fingerprint density at radius 2 is 1.90 bits per heavy atom. The van der Waals surface area contributed by atoms with E-state index in [0.29, 0.717) is 6.54 Å². The van der Waals surface area contributed by atoms with Crippen LogP contribution < -0.4 is 20.3 Å². The lowest BCUT2D eigenvalue weighted by Gasteiger charge is -2.23. The van der Waals surface area contributed by atoms with Gasteiger partial charge in [0.1, 0.15) is 18.5 Å². The topological polar surface area (TPSA) is 90.9 Å². The minimum Gasteiger partial charge on any atom is -0.491 e. The molecule has 0 spiro atoms. The van der Waals surface area contributed by atoms with E-state index in [1.54, 1.807) is 11.9 Å². The molecule has 1 aliphatic rings. The Kier molecular flexibility index (Phi) is 7.51. The number of aliphatic hydroxyl groups excluding tert-OH is 1. The second-order valence-corrected chi connectivity index (χ2v) is 7.81. The summed E-state index contributed by atoms with van der Waals surface area (Å²) in [5.41, 5.74) is 2.02. The van der Waals surface area contributed by atoms with Crippen LogP contribution in [-0.4, -0.2) is 54.5 Å². The van der Waals surface area contributed by atoms with Gasteiger partial charge in [0, 0.05) is 19.3 Å². The van der Waals surface area contributed by atoms with Gasteiger partial charge in [-0.1, -0.05) is 30.3 Å². The highest BCUT2D eigenvalue weighted by Crippen LogP contribution is 2.26. The van der Waals surface area contributed by atoms with E-state index in [1.807, 2.05) is 54.6 Å². The number of para-hydroxylation sites is 1. The predicted octanol–water partition coefficient (Wildman–Crippen LogP) is 2.00. The van der Waals surface area contributed by atoms with Gasteiger partial charge < -0.3 is 20.1 Å². The molecule has 2 atom stereocenters. The van der Waals surface area contributed by atoms with Crippen molar-refractivity contribution in [2.24, 2.45) is 0 Å². The molecule has 0 saturated carbocycles. The number of thioether (sulfide) groups is 1. The molecule has 0 aromatic heterocycles. The molecule has 154 valence electrons. The first kappa shape index (κ1) is 21.2. The maximum Gasteiger partial charge on any atom is 0.288 e. The van der Waals surface area contributed by atoms with Gasteiger partial charge in [0.2, 0.25) is 0 Å². The Morgan fingerprint density at radius 1 is 1.17 bits per heavy atom. The number of hydrogen-bond donors (Lipinski definition) is 3. The number of nitrogens with one attached hydrogen (secondary N) is 2. The van der Waals surface area contributed by atoms with Crippen molar-refractivity contribution >= 4 is 28.6 Å². The van der Waals surface area contributed by atoms with E-state index in [9.17, 15) is 14.7 Å². The Hall–Kier alpha value is -2.55. The number of nitrogens with zero attached hydrogens (tertiary/aromatic N) is 1. The number of benzene rings is 2. The van der Waals surface area contributed by atoms with Crippen LogP contribution in [0.15, 0.2) is 54.6 Å². The number of amides is 2. The summed E-state index contributed by atoms with van der Waals surface area (Å²) in [5, 5.41) is 14.7. The molecule has 1 unspecified atom stereocenters. The largest absolute Gasteiger partial charge is 0.491 e. The molecule has 3 N–H and O–H groups in total. The Labute approximate surface area is 174 Å². The number of imide groups is 1. The number of aliphatic hydroxyl groups is 1. The molecule has 29 heavy (non-hydrogen) atoms. The molecule has 1 heterocycles. The SMILES string of the molecule is CN(c1ccc(CCNC[C@H](O)COc2ccccc2)cc1)C1SC(=O)NC1=O. The zero-order chi connectivity index (χ0) is 20.6. The maximum absolute atomic E-state index is 11.8. The molecule has 8 heteroatoms. The van der Waals surface area contributed by atoms with Crippen molar-refractivity contribution in [3.8, 4) is 5.75 Å². The van der Waals surface area contributed by atoms with Crippen LogP contribution in [0.25, 0.3) is 0 Å². The van der Waals surface area contributed by atoms with Crippen molar-refractivity contribution in [1.82, 2.24) is 10.6 Å². The number of rotatable bonds is 10. The van der Waals surface area contributed by atoms with Crippen LogP contribution in [0.3, 0.4) is 0 Å². The highest BCUT2D eigenvalue weighted by Gasteiger charge is 2.34. The average Bonchev–Trinajstić information content (AvgIpc) is 3.08. The monoisotopic (exact) mass is 415 g/mol. The smallest absolute Gasteiger partial charge is 0.288 e. The molecule has 0 bridgehead atoms. The van der Waals surface area contributed by atoms with E-state index in [0.717, 1.165) is 41.7 Å². The second kappa shape index (κ2) is 10.3. The highest BCUT2D eigenvalue weighted by atomic mass is 32.2. The second-order valence-electron chi connectivity index (χ2n) is 6.76. The van der Waals surface area contributed by atoms with Crippen molar-refractivity contribution < 1.29 is 19.4 Å². The van der Waals surface area contributed by atoms with Crippen LogP contribution >= 0.6 is 11.8 Å². The first-order chi connectivity index (χ1) is 14.0. The van der Waals surface area contributed by atoms with Crippen molar-refractivity contribution in [2.45, 2.75) is 17.9 Å². The lowest BCUT2D eigenvalue weighted by Crippen LogP contribution is -2.36. The standard InChI is InChI=1S/C21H25N3O4S/c1-24(20-19(26)23-21(27)29-20)16-9-7-15(8-10-16)11-12-22-13-17(25)14-28-18-5-3-2-4-6-18/h2-10,17,20,22,25H,11-14H2,1H3,(H,23,26,27)/t17-,20?/m0/s1. The van der Waals surface area contributed by atoms with E-state index in [2.05, 4.69) is 10.6 Å². The number of anilines is 1. The molecule has 1 fully saturated rings. The van der Waals surface area contributed by atoms with Crippen LogP contribution in [0.1, 0.15) is 5.56 Å². The number of carbonyl (C=O) groups excluding carboxylic acids is 2. The van der Waals surface area contributed by atoms with Crippen molar-refractivity contribution in [3.05, 3.63) is 60.2 Å². The summed E-state index contributed by atoms with van der Waals surface area (Å²) < 4.78 is 5.53. The summed E-state index contributed by atoms with van der Waals surface area (Å²) in [7, 11) is 1.80. The Morgan fingerprint density at radius 3 is 2.55 bits per heavy atom. The fraction of sp³-hybridized carbons (Fsp3) is 0.333. The molecule has 0 aliphatic carbocycles. The zero-order valence-corrected chi connectivity index (χ0v) is 17.0. The van der Waals surface area contributed by atoms with Crippen molar-refractivity contribution in [2.75, 3.05) is 31.6 Å². The summed E-state index contributed by atoms with van der Waals surface area (Å²) in [6.07, 6.45) is 0.233. The maximum atomic E-state index is 11.8. The third kappa shape index (κ3) is 6.22. The van der Waals surface area contributed by atoms with Gasteiger partial charge in [-0.25, -0.2) is 0 Å². The van der Waals surface area contributed by atoms with Gasteiger partial charge in [0.05, 0.1) is 0 Å². The summed E-state index contributed by atoms with van der Waals surface area (Å²) in [5.74, 6) is 0.458. The van der Waals surface area contributed by atoms with Crippen LogP contribution in [-0.2, 0) is 11.2 Å². The molecule has 2 amide bonds. The molecule has 7 nitrogen and oxygen atoms in total. The number of likely N-dealkylation sites (N-methyl/N-ethyl adjacent to an activating group) is 1. The molecular formula is C21H25N3O4S. The average molecular weight is 416 g/mol. The van der Waals surface area contributed by atoms with Crippen LogP contribution in [0.5, 0.6) is 5.75 Å². The highest BCUT2D eigenvalue weighted by molar-refractivity contribution is 8.15. The molecule has 1 saturated heterocycles. The fourth-order valence-corrected chi connectivity index (χ4v) is 3.71. The van der Waals surface area contributed by atoms with Gasteiger partial charge in [0.25, 0.3) is 11.1 Å². The van der Waals surface area contributed by atoms with Crippen LogP contribution in [0.2, 0.25) is 0 Å². The van der Waals surface area contributed by atoms with E-state index in [4.69, 9.17) is 4.74 Å². The first-order valence-corrected chi connectivity index (χ1v) is 10.3. The lowest BCUT2D eigenvalue weighted by molar-refractivity contribution is -0.118. The summed E-state index contributed by atoms with van der Waals surface area (Å²) in [4.78, 5) is 24.9. The molecule has 1 aliphatic heterocycles. The van der Waals surface area contributed by atoms with Crippen molar-refractivity contribution in [1.29, 1.82) is 0 Å². The van der Waals surface area contributed by atoms with Gasteiger partial charge in [-0.15, -0.1) is 0 Å². The van der Waals surface area contributed by atoms with Crippen LogP contribution in [0.4, 0.5) is 10.5 Å². The summed E-state index contributed by atoms with van der Waals surface area (Å²) >= 11 is 0.985. The molecule has 2 aromatic rings. The van der Waals surface area contributed by atoms with E-state index in [1.165, 1.54) is 0 Å². The van der Waals surface area contributed by atoms with Gasteiger partial charge in [0.15, 0.2) is 5.37 Å². The van der Waals surface area contributed by atoms with Crippen molar-refractivity contribution in [3.63, 3.8) is 0 Å². The third-order valence-electron chi connectivity index (χ3n) is 4.52. The quantitative estimate of drug-likeness (QED) is 0.511. The third-order valence-corrected chi connectivity index (χ3v) is 5.59. The Bertz CT molecular complexity index is 816. The summed E-state index contributed by atoms with van der Waals surface area (Å²) in [6, 6.07) is 17.3. The van der Waals surface area contributed by atoms with E-state index >= 15 is 0 Å². The van der Waals surface area contributed by atoms with Gasteiger partial charge >= 0.3 is 0 Å². The summed E-state index contributed by atoms with van der Waals surface area (Å²) in [6.45, 7) is 1.43. The lowest BCUT2D eigenvalue weighted by atomic mass is 10.1. The zero-order valence-electron chi connectivity index (χ0n) is 16.2. The normalized spacial score (nSPS) is 17.1. The van der Waals surface area contributed by atoms with Crippen LogP contribution in [0, 0.1) is 0 Å². The predicted molar refractivity (Wildman–Crippen MR) is 114 cm³/mol. The fourth-order valence-electron chi connectivity index (χ4n) is 2.90. The minimum absolute atomic E-state index is 0.243. The van der Waals surface area contributed by atoms with Gasteiger partial charge in [-0.2, -0.15) is 0 Å². The first-order valence-electron chi connectivity index (χ1n) is 9.43. The molecule has 0 radical (unpaired) electrons. The minimum atomic E-state index is -0.580. The molecule has 2 aromatic carbocycles. The molecular weight excluding hydrogens is 390 g/mol.